The molecule has 2 aromatic rings. The van der Waals surface area contributed by atoms with Crippen LogP contribution >= 0.6 is 11.6 Å². The number of aromatic nitrogens is 2. The van der Waals surface area contributed by atoms with Crippen LogP contribution in [0, 0.1) is 5.82 Å². The standard InChI is InChI=1S/C15H19ClFN3/c1-3-7-18-13(14-9-20(2)10-19-14)8-11-5-4-6-12(17)15(11)16/h4-6,9-10,13,18H,3,7-8H2,1-2H3. The minimum Gasteiger partial charge on any atom is -0.340 e. The molecule has 1 unspecified atom stereocenters. The maximum absolute atomic E-state index is 13.5. The Balaban J connectivity index is 2.21. The second-order valence-electron chi connectivity index (χ2n) is 4.89. The van der Waals surface area contributed by atoms with Gasteiger partial charge in [-0.3, -0.25) is 0 Å². The highest BCUT2D eigenvalue weighted by molar-refractivity contribution is 6.31. The summed E-state index contributed by atoms with van der Waals surface area (Å²) in [5, 5.41) is 3.64. The molecular weight excluding hydrogens is 277 g/mol. The molecule has 0 saturated carbocycles. The molecule has 0 aliphatic carbocycles. The SMILES string of the molecule is CCCNC(Cc1cccc(F)c1Cl)c1cn(C)cn1. The van der Waals surface area contributed by atoms with Crippen molar-refractivity contribution in [2.24, 2.45) is 7.05 Å². The molecule has 0 radical (unpaired) electrons. The monoisotopic (exact) mass is 295 g/mol. The van der Waals surface area contributed by atoms with E-state index in [2.05, 4.69) is 17.2 Å². The molecule has 0 saturated heterocycles. The lowest BCUT2D eigenvalue weighted by Crippen LogP contribution is -2.24. The number of nitrogens with one attached hydrogen (secondary N) is 1. The molecule has 1 aromatic heterocycles. The van der Waals surface area contributed by atoms with Crippen LogP contribution in [0.2, 0.25) is 5.02 Å². The van der Waals surface area contributed by atoms with Crippen molar-refractivity contribution in [3.05, 3.63) is 52.8 Å². The van der Waals surface area contributed by atoms with Crippen molar-refractivity contribution in [1.29, 1.82) is 0 Å². The van der Waals surface area contributed by atoms with Gasteiger partial charge in [0, 0.05) is 13.2 Å². The third-order valence-electron chi connectivity index (χ3n) is 3.18. The molecule has 1 aromatic carbocycles. The maximum Gasteiger partial charge on any atom is 0.142 e. The molecule has 20 heavy (non-hydrogen) atoms. The number of benzene rings is 1. The Bertz CT molecular complexity index is 568. The fourth-order valence-corrected chi connectivity index (χ4v) is 2.34. The molecule has 1 heterocycles. The van der Waals surface area contributed by atoms with Crippen LogP contribution in [0.5, 0.6) is 0 Å². The fraction of sp³-hybridized carbons (Fsp3) is 0.400. The lowest BCUT2D eigenvalue weighted by molar-refractivity contribution is 0.517. The van der Waals surface area contributed by atoms with Crippen LogP contribution in [0.1, 0.15) is 30.6 Å². The zero-order valence-electron chi connectivity index (χ0n) is 11.7. The van der Waals surface area contributed by atoms with Crippen LogP contribution in [0.15, 0.2) is 30.7 Å². The largest absolute Gasteiger partial charge is 0.340 e. The zero-order chi connectivity index (χ0) is 14.5. The molecule has 1 N–H and O–H groups in total. The minimum absolute atomic E-state index is 0.0375. The fourth-order valence-electron chi connectivity index (χ4n) is 2.14. The average molecular weight is 296 g/mol. The van der Waals surface area contributed by atoms with Crippen molar-refractivity contribution < 1.29 is 4.39 Å². The van der Waals surface area contributed by atoms with Crippen molar-refractivity contribution >= 4 is 11.6 Å². The second-order valence-corrected chi connectivity index (χ2v) is 5.27. The van der Waals surface area contributed by atoms with Gasteiger partial charge in [-0.2, -0.15) is 0 Å². The van der Waals surface area contributed by atoms with Crippen LogP contribution < -0.4 is 5.32 Å². The molecule has 0 bridgehead atoms. The van der Waals surface area contributed by atoms with E-state index in [1.54, 1.807) is 12.4 Å². The van der Waals surface area contributed by atoms with Crippen LogP contribution in [-0.4, -0.2) is 16.1 Å². The van der Waals surface area contributed by atoms with Gasteiger partial charge in [-0.05, 0) is 31.0 Å². The van der Waals surface area contributed by atoms with Crippen molar-refractivity contribution in [2.75, 3.05) is 6.54 Å². The van der Waals surface area contributed by atoms with Gasteiger partial charge in [0.2, 0.25) is 0 Å². The second kappa shape index (κ2) is 6.86. The van der Waals surface area contributed by atoms with Crippen molar-refractivity contribution in [3.63, 3.8) is 0 Å². The summed E-state index contributed by atoms with van der Waals surface area (Å²) in [7, 11) is 1.93. The number of hydrogen-bond acceptors (Lipinski definition) is 2. The molecule has 5 heteroatoms. The number of nitrogens with zero attached hydrogens (tertiary/aromatic N) is 2. The summed E-state index contributed by atoms with van der Waals surface area (Å²) >= 11 is 6.04. The summed E-state index contributed by atoms with van der Waals surface area (Å²) in [5.41, 5.74) is 1.74. The highest BCUT2D eigenvalue weighted by Crippen LogP contribution is 2.25. The number of hydrogen-bond donors (Lipinski definition) is 1. The predicted molar refractivity (Wildman–Crippen MR) is 79.4 cm³/mol. The Morgan fingerprint density at radius 1 is 1.45 bits per heavy atom. The summed E-state index contributed by atoms with van der Waals surface area (Å²) in [6, 6.07) is 4.96. The van der Waals surface area contributed by atoms with Gasteiger partial charge in [0.25, 0.3) is 0 Å². The van der Waals surface area contributed by atoms with Crippen LogP contribution in [0.25, 0.3) is 0 Å². The summed E-state index contributed by atoms with van der Waals surface area (Å²) in [5.74, 6) is -0.376. The number of halogens is 2. The van der Waals surface area contributed by atoms with E-state index in [4.69, 9.17) is 11.6 Å². The van der Waals surface area contributed by atoms with Gasteiger partial charge in [0.05, 0.1) is 23.1 Å². The lowest BCUT2D eigenvalue weighted by atomic mass is 10.0. The molecule has 0 spiro atoms. The highest BCUT2D eigenvalue weighted by atomic mass is 35.5. The van der Waals surface area contributed by atoms with Crippen LogP contribution in [0.4, 0.5) is 4.39 Å². The van der Waals surface area contributed by atoms with Crippen LogP contribution in [0.3, 0.4) is 0 Å². The molecule has 1 atom stereocenters. The number of rotatable bonds is 6. The van der Waals surface area contributed by atoms with E-state index in [9.17, 15) is 4.39 Å². The third kappa shape index (κ3) is 3.58. The van der Waals surface area contributed by atoms with E-state index < -0.39 is 0 Å². The normalized spacial score (nSPS) is 12.6. The Morgan fingerprint density at radius 2 is 2.25 bits per heavy atom. The highest BCUT2D eigenvalue weighted by Gasteiger charge is 2.16. The van der Waals surface area contributed by atoms with Crippen molar-refractivity contribution in [1.82, 2.24) is 14.9 Å². The molecule has 0 aliphatic rings. The van der Waals surface area contributed by atoms with Gasteiger partial charge in [0.15, 0.2) is 0 Å². The van der Waals surface area contributed by atoms with Crippen molar-refractivity contribution in [3.8, 4) is 0 Å². The molecule has 108 valence electrons. The minimum atomic E-state index is -0.376. The quantitative estimate of drug-likeness (QED) is 0.884. The van der Waals surface area contributed by atoms with E-state index in [0.29, 0.717) is 6.42 Å². The number of aryl methyl sites for hydroxylation is 1. The van der Waals surface area contributed by atoms with E-state index in [0.717, 1.165) is 24.2 Å². The Morgan fingerprint density at radius 3 is 2.90 bits per heavy atom. The summed E-state index contributed by atoms with van der Waals surface area (Å²) < 4.78 is 15.4. The van der Waals surface area contributed by atoms with Gasteiger partial charge in [-0.15, -0.1) is 0 Å². The first kappa shape index (κ1) is 15.0. The number of imidazole rings is 1. The molecule has 3 nitrogen and oxygen atoms in total. The zero-order valence-corrected chi connectivity index (χ0v) is 12.5. The Hall–Kier alpha value is -1.39. The van der Waals surface area contributed by atoms with Gasteiger partial charge in [0.1, 0.15) is 5.82 Å². The van der Waals surface area contributed by atoms with E-state index in [1.165, 1.54) is 6.07 Å². The smallest absolute Gasteiger partial charge is 0.142 e. The lowest BCUT2D eigenvalue weighted by Gasteiger charge is -2.17. The summed E-state index contributed by atoms with van der Waals surface area (Å²) in [4.78, 5) is 4.38. The maximum atomic E-state index is 13.5. The summed E-state index contributed by atoms with van der Waals surface area (Å²) in [6.45, 7) is 2.99. The summed E-state index contributed by atoms with van der Waals surface area (Å²) in [6.07, 6.45) is 5.39. The van der Waals surface area contributed by atoms with E-state index in [-0.39, 0.29) is 16.9 Å². The average Bonchev–Trinajstić information content (AvgIpc) is 2.86. The van der Waals surface area contributed by atoms with E-state index in [1.807, 2.05) is 23.9 Å². The van der Waals surface area contributed by atoms with Gasteiger partial charge in [-0.1, -0.05) is 30.7 Å². The van der Waals surface area contributed by atoms with Gasteiger partial charge in [-0.25, -0.2) is 9.37 Å². The van der Waals surface area contributed by atoms with Gasteiger partial charge >= 0.3 is 0 Å². The first-order valence-corrected chi connectivity index (χ1v) is 7.13. The van der Waals surface area contributed by atoms with Gasteiger partial charge < -0.3 is 9.88 Å². The Kier molecular flexibility index (Phi) is 5.15. The molecule has 0 fully saturated rings. The van der Waals surface area contributed by atoms with Crippen LogP contribution in [-0.2, 0) is 13.5 Å². The predicted octanol–water partition coefficient (Wildman–Crippen LogP) is 3.50. The molecular formula is C15H19ClFN3. The first-order chi connectivity index (χ1) is 9.61. The molecule has 0 amide bonds. The molecule has 0 aliphatic heterocycles. The van der Waals surface area contributed by atoms with Crippen molar-refractivity contribution in [2.45, 2.75) is 25.8 Å². The first-order valence-electron chi connectivity index (χ1n) is 6.76. The van der Waals surface area contributed by atoms with E-state index >= 15 is 0 Å². The molecule has 2 rings (SSSR count). The Labute approximate surface area is 123 Å². The topological polar surface area (TPSA) is 29.9 Å². The third-order valence-corrected chi connectivity index (χ3v) is 3.60.